The molecule has 0 atom stereocenters. The van der Waals surface area contributed by atoms with Gasteiger partial charge in [-0.2, -0.15) is 5.10 Å². The maximum Gasteiger partial charge on any atom is 0.271 e. The minimum absolute atomic E-state index is 0.131. The van der Waals surface area contributed by atoms with Crippen molar-refractivity contribution < 1.29 is 9.72 Å². The summed E-state index contributed by atoms with van der Waals surface area (Å²) in [6.07, 6.45) is 0.958. The molecular formula is C17H17N3O3. The number of benzene rings is 2. The number of rotatable bonds is 5. The zero-order valence-electron chi connectivity index (χ0n) is 12.9. The number of nitrogens with one attached hydrogen (secondary N) is 1. The van der Waals surface area contributed by atoms with Gasteiger partial charge < -0.3 is 0 Å². The molecule has 118 valence electrons. The number of hydrazone groups is 1. The van der Waals surface area contributed by atoms with Crippen molar-refractivity contribution in [3.8, 4) is 0 Å². The van der Waals surface area contributed by atoms with Gasteiger partial charge in [-0.25, -0.2) is 5.43 Å². The van der Waals surface area contributed by atoms with Gasteiger partial charge in [0.15, 0.2) is 0 Å². The van der Waals surface area contributed by atoms with E-state index in [9.17, 15) is 14.9 Å². The molecule has 6 heteroatoms. The Balaban J connectivity index is 2.10. The SMILES string of the molecule is CCc1ccc(C(C)=NNC(=O)c2cccc([N+](=O)[O-])c2)cc1. The number of aryl methyl sites for hydroxylation is 1. The van der Waals surface area contributed by atoms with E-state index in [4.69, 9.17) is 0 Å². The molecule has 2 rings (SSSR count). The predicted octanol–water partition coefficient (Wildman–Crippen LogP) is 3.31. The number of hydrogen-bond donors (Lipinski definition) is 1. The van der Waals surface area contributed by atoms with E-state index in [2.05, 4.69) is 17.5 Å². The molecule has 0 aliphatic heterocycles. The van der Waals surface area contributed by atoms with Crippen LogP contribution in [-0.4, -0.2) is 16.5 Å². The molecule has 0 heterocycles. The minimum atomic E-state index is -0.541. The average molecular weight is 311 g/mol. The normalized spacial score (nSPS) is 11.1. The summed E-state index contributed by atoms with van der Waals surface area (Å²) in [6, 6.07) is 13.4. The fourth-order valence-corrected chi connectivity index (χ4v) is 2.01. The second-order valence-electron chi connectivity index (χ2n) is 5.00. The number of nitro benzene ring substituents is 1. The molecule has 6 nitrogen and oxygen atoms in total. The Kier molecular flexibility index (Phi) is 5.19. The van der Waals surface area contributed by atoms with Crippen LogP contribution >= 0.6 is 0 Å². The molecule has 0 spiro atoms. The third kappa shape index (κ3) is 4.23. The van der Waals surface area contributed by atoms with Gasteiger partial charge in [0.2, 0.25) is 0 Å². The number of nitro groups is 1. The van der Waals surface area contributed by atoms with Crippen molar-refractivity contribution in [2.75, 3.05) is 0 Å². The second kappa shape index (κ2) is 7.31. The number of carbonyl (C=O) groups is 1. The van der Waals surface area contributed by atoms with Crippen LogP contribution in [0.3, 0.4) is 0 Å². The summed E-state index contributed by atoms with van der Waals surface area (Å²) < 4.78 is 0. The first-order valence-corrected chi connectivity index (χ1v) is 7.19. The highest BCUT2D eigenvalue weighted by Gasteiger charge is 2.11. The number of amides is 1. The molecule has 0 saturated heterocycles. The molecule has 2 aromatic rings. The average Bonchev–Trinajstić information content (AvgIpc) is 2.59. The lowest BCUT2D eigenvalue weighted by Crippen LogP contribution is -2.19. The van der Waals surface area contributed by atoms with Crippen molar-refractivity contribution in [3.63, 3.8) is 0 Å². The Morgan fingerprint density at radius 2 is 1.87 bits per heavy atom. The van der Waals surface area contributed by atoms with Crippen molar-refractivity contribution in [1.29, 1.82) is 0 Å². The Labute approximate surface area is 134 Å². The van der Waals surface area contributed by atoms with Crippen LogP contribution in [0.25, 0.3) is 0 Å². The van der Waals surface area contributed by atoms with Gasteiger partial charge in [-0.3, -0.25) is 14.9 Å². The van der Waals surface area contributed by atoms with E-state index in [0.29, 0.717) is 5.71 Å². The van der Waals surface area contributed by atoms with Crippen molar-refractivity contribution in [3.05, 3.63) is 75.3 Å². The summed E-state index contributed by atoms with van der Waals surface area (Å²) in [4.78, 5) is 22.2. The van der Waals surface area contributed by atoms with E-state index in [-0.39, 0.29) is 11.3 Å². The Morgan fingerprint density at radius 3 is 2.48 bits per heavy atom. The van der Waals surface area contributed by atoms with Gasteiger partial charge in [-0.05, 0) is 30.5 Å². The van der Waals surface area contributed by atoms with Gasteiger partial charge in [0.25, 0.3) is 11.6 Å². The molecule has 1 amide bonds. The molecule has 0 saturated carbocycles. The fraction of sp³-hybridized carbons (Fsp3) is 0.176. The van der Waals surface area contributed by atoms with E-state index in [1.807, 2.05) is 24.3 Å². The molecule has 23 heavy (non-hydrogen) atoms. The first-order chi connectivity index (χ1) is 11.0. The molecule has 0 radical (unpaired) electrons. The van der Waals surface area contributed by atoms with E-state index in [1.54, 1.807) is 6.92 Å². The molecular weight excluding hydrogens is 294 g/mol. The van der Waals surface area contributed by atoms with Crippen LogP contribution in [0, 0.1) is 10.1 Å². The molecule has 0 aliphatic carbocycles. The first kappa shape index (κ1) is 16.4. The van der Waals surface area contributed by atoms with E-state index in [1.165, 1.54) is 29.8 Å². The standard InChI is InChI=1S/C17H17N3O3/c1-3-13-7-9-14(10-8-13)12(2)18-19-17(21)15-5-4-6-16(11-15)20(22)23/h4-11H,3H2,1-2H3,(H,19,21). The molecule has 2 aromatic carbocycles. The summed E-state index contributed by atoms with van der Waals surface area (Å²) in [7, 11) is 0. The molecule has 0 aliphatic rings. The highest BCUT2D eigenvalue weighted by atomic mass is 16.6. The van der Waals surface area contributed by atoms with E-state index in [0.717, 1.165) is 12.0 Å². The lowest BCUT2D eigenvalue weighted by molar-refractivity contribution is -0.384. The summed E-state index contributed by atoms with van der Waals surface area (Å²) in [5.41, 5.74) is 5.27. The molecule has 0 fully saturated rings. The van der Waals surface area contributed by atoms with Gasteiger partial charge in [-0.1, -0.05) is 37.3 Å². The van der Waals surface area contributed by atoms with Gasteiger partial charge >= 0.3 is 0 Å². The summed E-state index contributed by atoms with van der Waals surface area (Å²) in [5, 5.41) is 14.8. The predicted molar refractivity (Wildman–Crippen MR) is 88.6 cm³/mol. The Hall–Kier alpha value is -3.02. The smallest absolute Gasteiger partial charge is 0.267 e. The van der Waals surface area contributed by atoms with Crippen LogP contribution in [0.5, 0.6) is 0 Å². The van der Waals surface area contributed by atoms with Gasteiger partial charge in [0.05, 0.1) is 10.6 Å². The van der Waals surface area contributed by atoms with Gasteiger partial charge in [0.1, 0.15) is 0 Å². The number of carbonyl (C=O) groups excluding carboxylic acids is 1. The largest absolute Gasteiger partial charge is 0.271 e. The van der Waals surface area contributed by atoms with E-state index >= 15 is 0 Å². The highest BCUT2D eigenvalue weighted by Crippen LogP contribution is 2.13. The van der Waals surface area contributed by atoms with Crippen LogP contribution in [0.4, 0.5) is 5.69 Å². The third-order valence-electron chi connectivity index (χ3n) is 3.42. The monoisotopic (exact) mass is 311 g/mol. The van der Waals surface area contributed by atoms with E-state index < -0.39 is 10.8 Å². The molecule has 1 N–H and O–H groups in total. The summed E-state index contributed by atoms with van der Waals surface area (Å²) in [5.74, 6) is -0.488. The second-order valence-corrected chi connectivity index (χ2v) is 5.00. The molecule has 0 aromatic heterocycles. The van der Waals surface area contributed by atoms with Crippen LogP contribution in [0.2, 0.25) is 0 Å². The zero-order chi connectivity index (χ0) is 16.8. The topological polar surface area (TPSA) is 84.6 Å². The Bertz CT molecular complexity index is 752. The summed E-state index contributed by atoms with van der Waals surface area (Å²) >= 11 is 0. The highest BCUT2D eigenvalue weighted by molar-refractivity contribution is 6.01. The Morgan fingerprint density at radius 1 is 1.17 bits per heavy atom. The quantitative estimate of drug-likeness (QED) is 0.522. The van der Waals surface area contributed by atoms with Crippen molar-refractivity contribution in [1.82, 2.24) is 5.43 Å². The van der Waals surface area contributed by atoms with Crippen molar-refractivity contribution in [2.45, 2.75) is 20.3 Å². The molecule has 0 unspecified atom stereocenters. The summed E-state index contributed by atoms with van der Waals surface area (Å²) in [6.45, 7) is 3.86. The maximum absolute atomic E-state index is 12.0. The van der Waals surface area contributed by atoms with Gasteiger partial charge in [-0.15, -0.1) is 0 Å². The number of nitrogens with zero attached hydrogens (tertiary/aromatic N) is 2. The third-order valence-corrected chi connectivity index (χ3v) is 3.42. The van der Waals surface area contributed by atoms with Crippen LogP contribution in [0.1, 0.15) is 35.3 Å². The number of non-ortho nitro benzene ring substituents is 1. The fourth-order valence-electron chi connectivity index (χ4n) is 2.01. The van der Waals surface area contributed by atoms with Gasteiger partial charge in [0, 0.05) is 17.7 Å². The van der Waals surface area contributed by atoms with Crippen molar-refractivity contribution in [2.24, 2.45) is 5.10 Å². The van der Waals surface area contributed by atoms with Crippen molar-refractivity contribution >= 4 is 17.3 Å². The molecule has 0 bridgehead atoms. The van der Waals surface area contributed by atoms with Crippen LogP contribution in [0.15, 0.2) is 53.6 Å². The lowest BCUT2D eigenvalue weighted by atomic mass is 10.1. The maximum atomic E-state index is 12.0. The number of hydrogen-bond acceptors (Lipinski definition) is 4. The zero-order valence-corrected chi connectivity index (χ0v) is 12.9. The first-order valence-electron chi connectivity index (χ1n) is 7.19. The minimum Gasteiger partial charge on any atom is -0.267 e. The lowest BCUT2D eigenvalue weighted by Gasteiger charge is -2.04. The van der Waals surface area contributed by atoms with Crippen LogP contribution in [-0.2, 0) is 6.42 Å². The van der Waals surface area contributed by atoms with Crippen LogP contribution < -0.4 is 5.43 Å².